The van der Waals surface area contributed by atoms with E-state index in [1.54, 1.807) is 0 Å². The smallest absolute Gasteiger partial charge is 0.0625 e. The van der Waals surface area contributed by atoms with Gasteiger partial charge >= 0.3 is 0 Å². The summed E-state index contributed by atoms with van der Waals surface area (Å²) in [5, 5.41) is 0. The van der Waals surface area contributed by atoms with Crippen LogP contribution in [0.5, 0.6) is 0 Å². The van der Waals surface area contributed by atoms with E-state index in [9.17, 15) is 0 Å². The van der Waals surface area contributed by atoms with Crippen molar-refractivity contribution in [3.05, 3.63) is 0 Å². The third kappa shape index (κ3) is 5.50. The summed E-state index contributed by atoms with van der Waals surface area (Å²) >= 11 is 0. The zero-order valence-electron chi connectivity index (χ0n) is 11.5. The highest BCUT2D eigenvalue weighted by Crippen LogP contribution is 2.07. The maximum Gasteiger partial charge on any atom is 0.0625 e. The van der Waals surface area contributed by atoms with Gasteiger partial charge in [-0.25, -0.2) is 0 Å². The van der Waals surface area contributed by atoms with Gasteiger partial charge in [-0.1, -0.05) is 20.8 Å². The summed E-state index contributed by atoms with van der Waals surface area (Å²) in [6.45, 7) is 10.0. The van der Waals surface area contributed by atoms with Crippen molar-refractivity contribution in [3.63, 3.8) is 0 Å². The van der Waals surface area contributed by atoms with E-state index in [1.165, 1.54) is 19.4 Å². The molecule has 0 aliphatic rings. The molecule has 0 fully saturated rings. The molecule has 3 nitrogen and oxygen atoms in total. The zero-order valence-corrected chi connectivity index (χ0v) is 11.5. The highest BCUT2D eigenvalue weighted by Gasteiger charge is 2.17. The van der Waals surface area contributed by atoms with Gasteiger partial charge < -0.3 is 0 Å². The normalized spacial score (nSPS) is 14.2. The van der Waals surface area contributed by atoms with E-state index < -0.39 is 0 Å². The van der Waals surface area contributed by atoms with Crippen LogP contribution in [0.3, 0.4) is 0 Å². The second kappa shape index (κ2) is 8.08. The summed E-state index contributed by atoms with van der Waals surface area (Å²) in [6.07, 6.45) is 2.98. The molecule has 0 bridgehead atoms. The van der Waals surface area contributed by atoms with Crippen LogP contribution in [0.25, 0.3) is 0 Å². The van der Waals surface area contributed by atoms with E-state index in [2.05, 4.69) is 56.6 Å². The summed E-state index contributed by atoms with van der Waals surface area (Å²) in [6, 6.07) is 0. The van der Waals surface area contributed by atoms with Gasteiger partial charge in [0.15, 0.2) is 0 Å². The predicted octanol–water partition coefficient (Wildman–Crippen LogP) is 1.91. The largest absolute Gasteiger partial charge is 0.294 e. The molecule has 0 aliphatic heterocycles. The highest BCUT2D eigenvalue weighted by atomic mass is 15.4. The molecular weight excluding hydrogens is 186 g/mol. The molecule has 0 spiro atoms. The van der Waals surface area contributed by atoms with Crippen LogP contribution in [0.4, 0.5) is 0 Å². The lowest BCUT2D eigenvalue weighted by molar-refractivity contribution is 0.0418. The van der Waals surface area contributed by atoms with Crippen molar-refractivity contribution in [1.82, 2.24) is 14.7 Å². The topological polar surface area (TPSA) is 9.72 Å². The van der Waals surface area contributed by atoms with E-state index in [-0.39, 0.29) is 0 Å². The van der Waals surface area contributed by atoms with Gasteiger partial charge in [-0.2, -0.15) is 0 Å². The Bertz CT molecular complexity index is 150. The number of rotatable bonds is 8. The van der Waals surface area contributed by atoms with Gasteiger partial charge in [-0.05, 0) is 47.1 Å². The number of hydrogen-bond acceptors (Lipinski definition) is 3. The molecule has 1 atom stereocenters. The first-order valence-electron chi connectivity index (χ1n) is 6.15. The minimum atomic E-state index is 0.568. The molecule has 0 radical (unpaired) electrons. The van der Waals surface area contributed by atoms with Gasteiger partial charge in [0.25, 0.3) is 0 Å². The van der Waals surface area contributed by atoms with Gasteiger partial charge in [0.05, 0.1) is 12.8 Å². The molecule has 92 valence electrons. The van der Waals surface area contributed by atoms with Crippen molar-refractivity contribution in [3.8, 4) is 0 Å². The molecule has 0 saturated heterocycles. The Morgan fingerprint density at radius 1 is 0.933 bits per heavy atom. The molecule has 0 aliphatic carbocycles. The summed E-state index contributed by atoms with van der Waals surface area (Å²) in [5.41, 5.74) is 0. The Morgan fingerprint density at radius 3 is 1.93 bits per heavy atom. The summed E-state index contributed by atoms with van der Waals surface area (Å²) < 4.78 is 0. The van der Waals surface area contributed by atoms with Crippen molar-refractivity contribution in [2.75, 3.05) is 40.9 Å². The van der Waals surface area contributed by atoms with Crippen LogP contribution in [0.15, 0.2) is 0 Å². The Labute approximate surface area is 96.0 Å². The van der Waals surface area contributed by atoms with Crippen LogP contribution in [-0.2, 0) is 0 Å². The molecule has 0 amide bonds. The Balaban J connectivity index is 4.13. The third-order valence-corrected chi connectivity index (χ3v) is 2.96. The zero-order chi connectivity index (χ0) is 11.8. The minimum absolute atomic E-state index is 0.568. The minimum Gasteiger partial charge on any atom is -0.294 e. The molecule has 0 N–H and O–H groups in total. The van der Waals surface area contributed by atoms with Gasteiger partial charge in [0.1, 0.15) is 0 Å². The number of nitrogens with zero attached hydrogens (tertiary/aromatic N) is 3. The lowest BCUT2D eigenvalue weighted by Gasteiger charge is -2.36. The second-order valence-electron chi connectivity index (χ2n) is 4.44. The molecule has 0 rings (SSSR count). The first-order valence-corrected chi connectivity index (χ1v) is 6.15. The van der Waals surface area contributed by atoms with Crippen molar-refractivity contribution < 1.29 is 0 Å². The quantitative estimate of drug-likeness (QED) is 0.573. The lowest BCUT2D eigenvalue weighted by Crippen LogP contribution is -2.48. The lowest BCUT2D eigenvalue weighted by atomic mass is 10.3. The third-order valence-electron chi connectivity index (χ3n) is 2.96. The average molecular weight is 215 g/mol. The molecule has 0 heterocycles. The first kappa shape index (κ1) is 14.9. The molecule has 0 saturated carbocycles. The fourth-order valence-corrected chi connectivity index (χ4v) is 2.04. The molecular formula is C12H29N3. The SMILES string of the molecule is CCCN(C)C(CC)N(C)CN(C)CC. The molecule has 0 aromatic rings. The maximum absolute atomic E-state index is 2.45. The van der Waals surface area contributed by atoms with Gasteiger partial charge in [-0.15, -0.1) is 0 Å². The van der Waals surface area contributed by atoms with Gasteiger partial charge in [0.2, 0.25) is 0 Å². The monoisotopic (exact) mass is 215 g/mol. The molecule has 1 unspecified atom stereocenters. The first-order chi connectivity index (χ1) is 7.06. The predicted molar refractivity (Wildman–Crippen MR) is 67.9 cm³/mol. The summed E-state index contributed by atoms with van der Waals surface area (Å²) in [4.78, 5) is 7.21. The summed E-state index contributed by atoms with van der Waals surface area (Å²) in [7, 11) is 6.61. The van der Waals surface area contributed by atoms with Crippen LogP contribution in [0.1, 0.15) is 33.6 Å². The molecule has 15 heavy (non-hydrogen) atoms. The Kier molecular flexibility index (Phi) is 8.02. The van der Waals surface area contributed by atoms with E-state index in [0.717, 1.165) is 13.2 Å². The number of hydrogen-bond donors (Lipinski definition) is 0. The Morgan fingerprint density at radius 2 is 1.53 bits per heavy atom. The highest BCUT2D eigenvalue weighted by molar-refractivity contribution is 4.66. The fraction of sp³-hybridized carbons (Fsp3) is 1.00. The van der Waals surface area contributed by atoms with Crippen LogP contribution < -0.4 is 0 Å². The van der Waals surface area contributed by atoms with Crippen LogP contribution in [0, 0.1) is 0 Å². The molecule has 3 heteroatoms. The van der Waals surface area contributed by atoms with Crippen molar-refractivity contribution in [2.24, 2.45) is 0 Å². The molecule has 0 aromatic carbocycles. The Hall–Kier alpha value is -0.120. The van der Waals surface area contributed by atoms with E-state index >= 15 is 0 Å². The fourth-order valence-electron chi connectivity index (χ4n) is 2.04. The van der Waals surface area contributed by atoms with Crippen LogP contribution in [0.2, 0.25) is 0 Å². The van der Waals surface area contributed by atoms with Gasteiger partial charge in [-0.3, -0.25) is 14.7 Å². The van der Waals surface area contributed by atoms with Crippen LogP contribution in [-0.4, -0.2) is 61.8 Å². The van der Waals surface area contributed by atoms with E-state index in [0.29, 0.717) is 6.17 Å². The van der Waals surface area contributed by atoms with Crippen molar-refractivity contribution in [2.45, 2.75) is 39.8 Å². The maximum atomic E-state index is 2.45. The standard InChI is InChI=1S/C12H29N3/c1-7-10-14(5)12(8-2)15(6)11-13(4)9-3/h12H,7-11H2,1-6H3. The van der Waals surface area contributed by atoms with Crippen molar-refractivity contribution in [1.29, 1.82) is 0 Å². The van der Waals surface area contributed by atoms with Crippen LogP contribution >= 0.6 is 0 Å². The second-order valence-corrected chi connectivity index (χ2v) is 4.44. The van der Waals surface area contributed by atoms with Gasteiger partial charge in [0, 0.05) is 0 Å². The van der Waals surface area contributed by atoms with Crippen molar-refractivity contribution >= 4 is 0 Å². The summed E-state index contributed by atoms with van der Waals surface area (Å²) in [5.74, 6) is 0. The molecule has 0 aromatic heterocycles. The average Bonchev–Trinajstić information content (AvgIpc) is 2.19. The van der Waals surface area contributed by atoms with E-state index in [1.807, 2.05) is 0 Å². The van der Waals surface area contributed by atoms with E-state index in [4.69, 9.17) is 0 Å².